The van der Waals surface area contributed by atoms with E-state index in [4.69, 9.17) is 9.52 Å². The highest BCUT2D eigenvalue weighted by Gasteiger charge is 2.00. The largest absolute Gasteiger partial charge is 0.462 e. The maximum atomic E-state index is 8.83. The van der Waals surface area contributed by atoms with Crippen LogP contribution in [0.2, 0.25) is 0 Å². The fourth-order valence-electron chi connectivity index (χ4n) is 1.43. The minimum absolute atomic E-state index is 0.0512. The van der Waals surface area contributed by atoms with E-state index in [0.717, 1.165) is 12.3 Å². The molecular formula is C12H14N2O2. The van der Waals surface area contributed by atoms with E-state index in [-0.39, 0.29) is 6.61 Å². The lowest BCUT2D eigenvalue weighted by atomic mass is 10.3. The number of hydrogen-bond acceptors (Lipinski definition) is 4. The van der Waals surface area contributed by atoms with Crippen molar-refractivity contribution in [2.75, 3.05) is 0 Å². The molecule has 0 aliphatic heterocycles. The third kappa shape index (κ3) is 2.92. The Kier molecular flexibility index (Phi) is 3.69. The molecule has 0 saturated heterocycles. The monoisotopic (exact) mass is 218 g/mol. The van der Waals surface area contributed by atoms with Gasteiger partial charge in [0.2, 0.25) is 0 Å². The number of hydrogen-bond donors (Lipinski definition) is 2. The average Bonchev–Trinajstić information content (AvgIpc) is 2.78. The minimum Gasteiger partial charge on any atom is -0.462 e. The highest BCUT2D eigenvalue weighted by Crippen LogP contribution is 2.07. The van der Waals surface area contributed by atoms with Gasteiger partial charge in [0.05, 0.1) is 6.54 Å². The molecule has 0 amide bonds. The number of aromatic nitrogens is 1. The summed E-state index contributed by atoms with van der Waals surface area (Å²) in [5.41, 5.74) is 1.18. The second-order valence-corrected chi connectivity index (χ2v) is 3.49. The fourth-order valence-corrected chi connectivity index (χ4v) is 1.43. The Labute approximate surface area is 93.9 Å². The summed E-state index contributed by atoms with van der Waals surface area (Å²) in [7, 11) is 0. The van der Waals surface area contributed by atoms with Gasteiger partial charge in [0.1, 0.15) is 18.1 Å². The van der Waals surface area contributed by atoms with Crippen molar-refractivity contribution < 1.29 is 9.52 Å². The molecule has 0 aliphatic carbocycles. The summed E-state index contributed by atoms with van der Waals surface area (Å²) in [5, 5.41) is 12.1. The number of furan rings is 1. The molecule has 16 heavy (non-hydrogen) atoms. The third-order valence-corrected chi connectivity index (χ3v) is 2.25. The zero-order valence-corrected chi connectivity index (χ0v) is 8.89. The molecule has 0 radical (unpaired) electrons. The first-order chi connectivity index (χ1) is 7.88. The number of nitrogens with one attached hydrogen (secondary N) is 1. The van der Waals surface area contributed by atoms with Crippen LogP contribution >= 0.6 is 0 Å². The summed E-state index contributed by atoms with van der Waals surface area (Å²) in [5.74, 6) is 1.43. The highest BCUT2D eigenvalue weighted by atomic mass is 16.4. The van der Waals surface area contributed by atoms with Crippen molar-refractivity contribution in [1.82, 2.24) is 10.3 Å². The van der Waals surface area contributed by atoms with Gasteiger partial charge in [0.25, 0.3) is 0 Å². The second-order valence-electron chi connectivity index (χ2n) is 3.49. The van der Waals surface area contributed by atoms with Crippen LogP contribution in [-0.4, -0.2) is 10.1 Å². The quantitative estimate of drug-likeness (QED) is 0.797. The van der Waals surface area contributed by atoms with Crippen LogP contribution in [0, 0.1) is 0 Å². The molecule has 0 spiro atoms. The van der Waals surface area contributed by atoms with Gasteiger partial charge in [0.15, 0.2) is 0 Å². The molecule has 84 valence electrons. The second kappa shape index (κ2) is 5.44. The van der Waals surface area contributed by atoms with Gasteiger partial charge in [0, 0.05) is 18.9 Å². The molecule has 0 saturated carbocycles. The lowest BCUT2D eigenvalue weighted by molar-refractivity contribution is 0.242. The van der Waals surface area contributed by atoms with Gasteiger partial charge < -0.3 is 14.8 Å². The third-order valence-electron chi connectivity index (χ3n) is 2.25. The minimum atomic E-state index is -0.0512. The van der Waals surface area contributed by atoms with E-state index >= 15 is 0 Å². The van der Waals surface area contributed by atoms with Crippen molar-refractivity contribution >= 4 is 0 Å². The molecule has 0 bridgehead atoms. The molecule has 4 nitrogen and oxygen atoms in total. The molecule has 2 heterocycles. The van der Waals surface area contributed by atoms with E-state index in [2.05, 4.69) is 10.3 Å². The maximum absolute atomic E-state index is 8.83. The van der Waals surface area contributed by atoms with Crippen molar-refractivity contribution in [1.29, 1.82) is 0 Å². The van der Waals surface area contributed by atoms with Crippen molar-refractivity contribution in [2.45, 2.75) is 19.7 Å². The van der Waals surface area contributed by atoms with E-state index in [1.54, 1.807) is 18.5 Å². The first kappa shape index (κ1) is 10.9. The zero-order chi connectivity index (χ0) is 11.2. The Balaban J connectivity index is 1.80. The van der Waals surface area contributed by atoms with Crippen LogP contribution in [0.15, 0.2) is 41.1 Å². The summed E-state index contributed by atoms with van der Waals surface area (Å²) in [6, 6.07) is 7.58. The lowest BCUT2D eigenvalue weighted by Crippen LogP contribution is -2.11. The van der Waals surface area contributed by atoms with E-state index in [1.807, 2.05) is 18.2 Å². The van der Waals surface area contributed by atoms with Gasteiger partial charge >= 0.3 is 0 Å². The van der Waals surface area contributed by atoms with Crippen LogP contribution in [0.3, 0.4) is 0 Å². The van der Waals surface area contributed by atoms with Crippen LogP contribution in [-0.2, 0) is 19.7 Å². The van der Waals surface area contributed by atoms with Crippen LogP contribution in [0.1, 0.15) is 17.1 Å². The average molecular weight is 218 g/mol. The summed E-state index contributed by atoms with van der Waals surface area (Å²) >= 11 is 0. The molecular weight excluding hydrogens is 204 g/mol. The van der Waals surface area contributed by atoms with Gasteiger partial charge in [-0.05, 0) is 29.8 Å². The van der Waals surface area contributed by atoms with E-state index in [9.17, 15) is 0 Å². The van der Waals surface area contributed by atoms with Gasteiger partial charge in [-0.3, -0.25) is 4.98 Å². The first-order valence-corrected chi connectivity index (χ1v) is 5.16. The standard InChI is InChI=1S/C12H14N2O2/c15-9-12-2-1-11(16-12)8-14-7-10-3-5-13-6-4-10/h1-6,14-15H,7-9H2. The van der Waals surface area contributed by atoms with Gasteiger partial charge in [-0.25, -0.2) is 0 Å². The molecule has 2 rings (SSSR count). The molecule has 2 aromatic rings. The Morgan fingerprint density at radius 2 is 1.81 bits per heavy atom. The smallest absolute Gasteiger partial charge is 0.129 e. The van der Waals surface area contributed by atoms with Crippen molar-refractivity contribution in [3.05, 3.63) is 53.7 Å². The maximum Gasteiger partial charge on any atom is 0.129 e. The number of aliphatic hydroxyl groups is 1. The fraction of sp³-hybridized carbons (Fsp3) is 0.250. The topological polar surface area (TPSA) is 58.3 Å². The van der Waals surface area contributed by atoms with E-state index in [0.29, 0.717) is 12.3 Å². The van der Waals surface area contributed by atoms with Gasteiger partial charge in [-0.1, -0.05) is 0 Å². The van der Waals surface area contributed by atoms with Crippen LogP contribution in [0.25, 0.3) is 0 Å². The molecule has 0 unspecified atom stereocenters. The number of pyridine rings is 1. The number of rotatable bonds is 5. The zero-order valence-electron chi connectivity index (χ0n) is 8.89. The van der Waals surface area contributed by atoms with Crippen LogP contribution in [0.4, 0.5) is 0 Å². The predicted molar refractivity (Wildman–Crippen MR) is 59.4 cm³/mol. The van der Waals surface area contributed by atoms with Gasteiger partial charge in [-0.15, -0.1) is 0 Å². The lowest BCUT2D eigenvalue weighted by Gasteiger charge is -2.02. The molecule has 0 aliphatic rings. The highest BCUT2D eigenvalue weighted by molar-refractivity contribution is 5.10. The molecule has 4 heteroatoms. The predicted octanol–water partition coefficient (Wildman–Crippen LogP) is 1.46. The molecule has 2 N–H and O–H groups in total. The summed E-state index contributed by atoms with van der Waals surface area (Å²) in [6.07, 6.45) is 3.54. The van der Waals surface area contributed by atoms with Crippen molar-refractivity contribution in [3.63, 3.8) is 0 Å². The normalized spacial score (nSPS) is 10.6. The molecule has 0 fully saturated rings. The Bertz CT molecular complexity index is 426. The van der Waals surface area contributed by atoms with Gasteiger partial charge in [-0.2, -0.15) is 0 Å². The van der Waals surface area contributed by atoms with E-state index < -0.39 is 0 Å². The van der Waals surface area contributed by atoms with Crippen molar-refractivity contribution in [3.8, 4) is 0 Å². The molecule has 2 aromatic heterocycles. The van der Waals surface area contributed by atoms with Crippen LogP contribution in [0.5, 0.6) is 0 Å². The summed E-state index contributed by atoms with van der Waals surface area (Å²) < 4.78 is 5.35. The van der Waals surface area contributed by atoms with E-state index in [1.165, 1.54) is 5.56 Å². The molecule has 0 atom stereocenters. The molecule has 0 aromatic carbocycles. The first-order valence-electron chi connectivity index (χ1n) is 5.16. The Morgan fingerprint density at radius 1 is 1.06 bits per heavy atom. The summed E-state index contributed by atoms with van der Waals surface area (Å²) in [6.45, 7) is 1.38. The Morgan fingerprint density at radius 3 is 2.50 bits per heavy atom. The van der Waals surface area contributed by atoms with Crippen molar-refractivity contribution in [2.24, 2.45) is 0 Å². The van der Waals surface area contributed by atoms with Crippen LogP contribution < -0.4 is 5.32 Å². The summed E-state index contributed by atoms with van der Waals surface area (Å²) in [4.78, 5) is 3.95. The number of nitrogens with zero attached hydrogens (tertiary/aromatic N) is 1. The Hall–Kier alpha value is -1.65. The number of aliphatic hydroxyl groups excluding tert-OH is 1. The SMILES string of the molecule is OCc1ccc(CNCc2ccncc2)o1.